The minimum Gasteiger partial charge on any atom is -0.387 e. The number of hydrogen-bond acceptors (Lipinski definition) is 4. The van der Waals surface area contributed by atoms with Crippen molar-refractivity contribution in [2.45, 2.75) is 13.0 Å². The number of carbonyl (C=O) groups excluding carboxylic acids is 1. The lowest BCUT2D eigenvalue weighted by molar-refractivity contribution is -0.384. The van der Waals surface area contributed by atoms with E-state index in [1.165, 1.54) is 12.1 Å². The van der Waals surface area contributed by atoms with Crippen LogP contribution in [0.3, 0.4) is 0 Å². The van der Waals surface area contributed by atoms with E-state index >= 15 is 0 Å². The summed E-state index contributed by atoms with van der Waals surface area (Å²) in [5.74, 6) is -0.497. The van der Waals surface area contributed by atoms with Gasteiger partial charge in [0.2, 0.25) is 0 Å². The van der Waals surface area contributed by atoms with E-state index in [4.69, 9.17) is 11.6 Å². The highest BCUT2D eigenvalue weighted by Gasteiger charge is 2.16. The zero-order valence-corrected chi connectivity index (χ0v) is 13.1. The number of aryl methyl sites for hydroxylation is 1. The maximum Gasteiger partial charge on any atom is 0.270 e. The van der Waals surface area contributed by atoms with Crippen LogP contribution >= 0.6 is 11.6 Å². The molecule has 0 aliphatic carbocycles. The highest BCUT2D eigenvalue weighted by molar-refractivity contribution is 6.31. The number of nitro groups is 1. The number of benzene rings is 2. The third-order valence-corrected chi connectivity index (χ3v) is 3.60. The van der Waals surface area contributed by atoms with Crippen LogP contribution in [0.5, 0.6) is 0 Å². The van der Waals surface area contributed by atoms with Crippen molar-refractivity contribution in [2.24, 2.45) is 0 Å². The van der Waals surface area contributed by atoms with Crippen molar-refractivity contribution in [3.8, 4) is 0 Å². The van der Waals surface area contributed by atoms with Gasteiger partial charge in [-0.2, -0.15) is 0 Å². The molecule has 0 heterocycles. The average Bonchev–Trinajstić information content (AvgIpc) is 2.52. The number of hydrogen-bond donors (Lipinski definition) is 2. The van der Waals surface area contributed by atoms with Gasteiger partial charge in [-0.25, -0.2) is 0 Å². The fraction of sp³-hybridized carbons (Fsp3) is 0.188. The van der Waals surface area contributed by atoms with Gasteiger partial charge in [-0.15, -0.1) is 0 Å². The molecule has 1 unspecified atom stereocenters. The first kappa shape index (κ1) is 16.9. The van der Waals surface area contributed by atoms with Gasteiger partial charge in [-0.05, 0) is 24.6 Å². The van der Waals surface area contributed by atoms with E-state index in [0.717, 1.165) is 0 Å². The lowest BCUT2D eigenvalue weighted by atomic mass is 10.1. The van der Waals surface area contributed by atoms with Crippen LogP contribution in [-0.4, -0.2) is 22.5 Å². The molecule has 0 saturated carbocycles. The Morgan fingerprint density at radius 1 is 1.35 bits per heavy atom. The van der Waals surface area contributed by atoms with E-state index in [2.05, 4.69) is 5.32 Å². The molecule has 1 atom stereocenters. The van der Waals surface area contributed by atoms with Crippen molar-refractivity contribution in [3.05, 3.63) is 74.3 Å². The van der Waals surface area contributed by atoms with Gasteiger partial charge in [0.1, 0.15) is 0 Å². The summed E-state index contributed by atoms with van der Waals surface area (Å²) in [6.07, 6.45) is -0.965. The fourth-order valence-corrected chi connectivity index (χ4v) is 2.41. The van der Waals surface area contributed by atoms with Crippen molar-refractivity contribution in [2.75, 3.05) is 6.54 Å². The van der Waals surface area contributed by atoms with Gasteiger partial charge in [0.05, 0.1) is 11.0 Å². The Kier molecular flexibility index (Phi) is 5.31. The third-order valence-electron chi connectivity index (χ3n) is 3.26. The summed E-state index contributed by atoms with van der Waals surface area (Å²) in [6.45, 7) is 1.62. The lowest BCUT2D eigenvalue weighted by Gasteiger charge is -2.13. The molecule has 0 radical (unpaired) electrons. The lowest BCUT2D eigenvalue weighted by Crippen LogP contribution is -2.28. The van der Waals surface area contributed by atoms with Gasteiger partial charge < -0.3 is 10.4 Å². The standard InChI is InChI=1S/C16H15ClN2O4/c1-10-6-11(8-12(7-10)19(22)23)16(21)18-9-15(20)13-4-2-3-5-14(13)17/h2-8,15,20H,9H2,1H3,(H,18,21). The average molecular weight is 335 g/mol. The zero-order chi connectivity index (χ0) is 17.0. The molecular weight excluding hydrogens is 320 g/mol. The summed E-state index contributed by atoms with van der Waals surface area (Å²) in [7, 11) is 0. The maximum absolute atomic E-state index is 12.1. The van der Waals surface area contributed by atoms with Crippen molar-refractivity contribution < 1.29 is 14.8 Å². The van der Waals surface area contributed by atoms with Crippen LogP contribution in [0.2, 0.25) is 5.02 Å². The number of non-ortho nitro benzene ring substituents is 1. The number of nitrogens with zero attached hydrogens (tertiary/aromatic N) is 1. The van der Waals surface area contributed by atoms with Crippen LogP contribution in [0, 0.1) is 17.0 Å². The number of nitro benzene ring substituents is 1. The molecule has 2 rings (SSSR count). The van der Waals surface area contributed by atoms with Crippen molar-refractivity contribution in [3.63, 3.8) is 0 Å². The summed E-state index contributed by atoms with van der Waals surface area (Å²) in [5.41, 5.74) is 1.13. The Morgan fingerprint density at radius 2 is 2.04 bits per heavy atom. The second-order valence-corrected chi connectivity index (χ2v) is 5.47. The number of nitrogens with one attached hydrogen (secondary N) is 1. The number of carbonyl (C=O) groups is 1. The minimum absolute atomic E-state index is 0.0513. The Morgan fingerprint density at radius 3 is 2.70 bits per heavy atom. The van der Waals surface area contributed by atoms with Crippen molar-refractivity contribution in [1.29, 1.82) is 0 Å². The molecule has 2 aromatic rings. The first-order valence-corrected chi connectivity index (χ1v) is 7.23. The molecule has 1 amide bonds. The smallest absolute Gasteiger partial charge is 0.270 e. The molecule has 23 heavy (non-hydrogen) atoms. The van der Waals surface area contributed by atoms with E-state index in [-0.39, 0.29) is 17.8 Å². The summed E-state index contributed by atoms with van der Waals surface area (Å²) < 4.78 is 0. The van der Waals surface area contributed by atoms with Crippen molar-refractivity contribution in [1.82, 2.24) is 5.32 Å². The van der Waals surface area contributed by atoms with Crippen LogP contribution in [0.4, 0.5) is 5.69 Å². The predicted octanol–water partition coefficient (Wildman–Crippen LogP) is 3.02. The Hall–Kier alpha value is -2.44. The molecule has 6 nitrogen and oxygen atoms in total. The molecule has 0 aromatic heterocycles. The highest BCUT2D eigenvalue weighted by Crippen LogP contribution is 2.22. The second kappa shape index (κ2) is 7.21. The van der Waals surface area contributed by atoms with Gasteiger partial charge in [0.25, 0.3) is 11.6 Å². The van der Waals surface area contributed by atoms with E-state index < -0.39 is 16.9 Å². The zero-order valence-electron chi connectivity index (χ0n) is 12.3. The molecule has 0 spiro atoms. The van der Waals surface area contributed by atoms with Gasteiger partial charge in [0, 0.05) is 34.8 Å². The molecule has 7 heteroatoms. The number of aliphatic hydroxyl groups excluding tert-OH is 1. The topological polar surface area (TPSA) is 92.5 Å². The molecule has 2 aromatic carbocycles. The number of halogens is 1. The minimum atomic E-state index is -0.965. The van der Waals surface area contributed by atoms with Crippen LogP contribution in [0.15, 0.2) is 42.5 Å². The molecule has 0 saturated heterocycles. The number of aliphatic hydroxyl groups is 1. The van der Waals surface area contributed by atoms with Crippen LogP contribution in [-0.2, 0) is 0 Å². The summed E-state index contributed by atoms with van der Waals surface area (Å²) in [5, 5.41) is 23.9. The first-order valence-electron chi connectivity index (χ1n) is 6.85. The van der Waals surface area contributed by atoms with Crippen molar-refractivity contribution >= 4 is 23.2 Å². The highest BCUT2D eigenvalue weighted by atomic mass is 35.5. The molecule has 0 aliphatic rings. The van der Waals surface area contributed by atoms with Gasteiger partial charge in [0.15, 0.2) is 0 Å². The molecule has 0 aliphatic heterocycles. The molecule has 120 valence electrons. The molecule has 0 fully saturated rings. The number of amides is 1. The first-order chi connectivity index (χ1) is 10.9. The summed E-state index contributed by atoms with van der Waals surface area (Å²) in [6, 6.07) is 10.9. The molecular formula is C16H15ClN2O4. The van der Waals surface area contributed by atoms with E-state index in [1.54, 1.807) is 37.3 Å². The van der Waals surface area contributed by atoms with E-state index in [0.29, 0.717) is 16.1 Å². The fourth-order valence-electron chi connectivity index (χ4n) is 2.15. The second-order valence-electron chi connectivity index (χ2n) is 5.06. The summed E-state index contributed by atoms with van der Waals surface area (Å²) >= 11 is 5.98. The predicted molar refractivity (Wildman–Crippen MR) is 86.6 cm³/mol. The molecule has 2 N–H and O–H groups in total. The monoisotopic (exact) mass is 334 g/mol. The SMILES string of the molecule is Cc1cc(C(=O)NCC(O)c2ccccc2Cl)cc([N+](=O)[O-])c1. The Labute approximate surface area is 137 Å². The Balaban J connectivity index is 2.08. The van der Waals surface area contributed by atoms with Gasteiger partial charge in [-0.1, -0.05) is 29.8 Å². The third kappa shape index (κ3) is 4.28. The quantitative estimate of drug-likeness (QED) is 0.649. The van der Waals surface area contributed by atoms with E-state index in [9.17, 15) is 20.0 Å². The largest absolute Gasteiger partial charge is 0.387 e. The maximum atomic E-state index is 12.1. The normalized spacial score (nSPS) is 11.8. The van der Waals surface area contributed by atoms with Gasteiger partial charge in [-0.3, -0.25) is 14.9 Å². The number of rotatable bonds is 5. The Bertz CT molecular complexity index is 749. The molecule has 0 bridgehead atoms. The van der Waals surface area contributed by atoms with Crippen LogP contribution < -0.4 is 5.32 Å². The summed E-state index contributed by atoms with van der Waals surface area (Å²) in [4.78, 5) is 22.4. The van der Waals surface area contributed by atoms with Crippen LogP contribution in [0.1, 0.15) is 27.6 Å². The van der Waals surface area contributed by atoms with Gasteiger partial charge >= 0.3 is 0 Å². The van der Waals surface area contributed by atoms with Crippen LogP contribution in [0.25, 0.3) is 0 Å². The van der Waals surface area contributed by atoms with E-state index in [1.807, 2.05) is 0 Å².